The van der Waals surface area contributed by atoms with Crippen LogP contribution in [0.25, 0.3) is 0 Å². The van der Waals surface area contributed by atoms with E-state index in [0.29, 0.717) is 17.4 Å². The molecule has 192 valence electrons. The van der Waals surface area contributed by atoms with Gasteiger partial charge < -0.3 is 9.64 Å². The number of fused-ring (bicyclic) bond motifs is 5. The third-order valence-corrected chi connectivity index (χ3v) is 11.4. The van der Waals surface area contributed by atoms with Crippen molar-refractivity contribution in [1.29, 1.82) is 0 Å². The number of hydrogen-bond donors (Lipinski definition) is 0. The van der Waals surface area contributed by atoms with Crippen LogP contribution in [0.3, 0.4) is 0 Å². The molecule has 0 aromatic carbocycles. The van der Waals surface area contributed by atoms with Gasteiger partial charge in [-0.15, -0.1) is 12.4 Å². The first-order chi connectivity index (χ1) is 14.9. The van der Waals surface area contributed by atoms with Crippen molar-refractivity contribution in [2.24, 2.45) is 40.4 Å². The van der Waals surface area contributed by atoms with Crippen LogP contribution in [0.1, 0.15) is 85.5 Å². The minimum atomic E-state index is -0.0498. The van der Waals surface area contributed by atoms with Gasteiger partial charge in [-0.2, -0.15) is 0 Å². The summed E-state index contributed by atoms with van der Waals surface area (Å²) in [6.07, 6.45) is 11.9. The Hall–Kier alpha value is -0.320. The summed E-state index contributed by atoms with van der Waals surface area (Å²) in [7, 11) is 8.42. The molecule has 0 spiro atoms. The first-order valence-corrected chi connectivity index (χ1v) is 13.4. The van der Waals surface area contributed by atoms with Crippen molar-refractivity contribution in [3.63, 3.8) is 0 Å². The number of likely N-dealkylation sites (N-methyl/N-ethyl adjacent to an activating group) is 1. The number of esters is 1. The van der Waals surface area contributed by atoms with Gasteiger partial charge in [-0.05, 0) is 140 Å². The van der Waals surface area contributed by atoms with Crippen LogP contribution in [0, 0.1) is 40.4 Å². The Morgan fingerprint density at radius 1 is 0.909 bits per heavy atom. The molecule has 8 atom stereocenters. The highest BCUT2D eigenvalue weighted by Gasteiger charge is 2.62. The molecule has 0 N–H and O–H groups in total. The zero-order valence-electron chi connectivity index (χ0n) is 22.7. The summed E-state index contributed by atoms with van der Waals surface area (Å²) >= 11 is 0. The van der Waals surface area contributed by atoms with Crippen LogP contribution in [-0.2, 0) is 9.53 Å². The molecule has 4 aliphatic rings. The van der Waals surface area contributed by atoms with Gasteiger partial charge in [0.15, 0.2) is 0 Å². The smallest absolute Gasteiger partial charge is 0.320 e. The molecule has 0 aliphatic heterocycles. The van der Waals surface area contributed by atoms with Crippen molar-refractivity contribution < 1.29 is 9.53 Å². The topological polar surface area (TPSA) is 32.8 Å². The van der Waals surface area contributed by atoms with Gasteiger partial charge in [0.25, 0.3) is 0 Å². The third kappa shape index (κ3) is 4.62. The zero-order chi connectivity index (χ0) is 23.5. The van der Waals surface area contributed by atoms with Crippen LogP contribution in [0.4, 0.5) is 0 Å². The Morgan fingerprint density at radius 3 is 2.18 bits per heavy atom. The normalized spacial score (nSPS) is 42.8. The number of carbonyl (C=O) groups is 1. The van der Waals surface area contributed by atoms with Crippen molar-refractivity contribution in [3.05, 3.63) is 0 Å². The lowest BCUT2D eigenvalue weighted by Crippen LogP contribution is -2.57. The van der Waals surface area contributed by atoms with Crippen LogP contribution in [0.5, 0.6) is 0 Å². The van der Waals surface area contributed by atoms with E-state index in [0.717, 1.165) is 42.4 Å². The second-order valence-corrected chi connectivity index (χ2v) is 13.5. The van der Waals surface area contributed by atoms with E-state index in [2.05, 4.69) is 46.7 Å². The molecule has 0 aromatic rings. The van der Waals surface area contributed by atoms with E-state index < -0.39 is 0 Å². The predicted molar refractivity (Wildman–Crippen MR) is 139 cm³/mol. The quantitative estimate of drug-likeness (QED) is 0.458. The summed E-state index contributed by atoms with van der Waals surface area (Å²) in [4.78, 5) is 16.6. The van der Waals surface area contributed by atoms with Crippen LogP contribution in [0.15, 0.2) is 0 Å². The standard InChI is InChI=1S/C28H50N2O2.ClH/c1-26(2,30(7)8)24-12-11-22-21-10-9-19-17-20(32-25(31)18-29(5)6)13-15-27(19,3)23(21)14-16-28(22,24)4;/h19-24H,9-18H2,1-8H3;1H. The van der Waals surface area contributed by atoms with E-state index >= 15 is 0 Å². The van der Waals surface area contributed by atoms with E-state index in [1.165, 1.54) is 44.9 Å². The van der Waals surface area contributed by atoms with Crippen molar-refractivity contribution in [2.45, 2.75) is 97.1 Å². The van der Waals surface area contributed by atoms with Gasteiger partial charge >= 0.3 is 5.97 Å². The van der Waals surface area contributed by atoms with Crippen molar-refractivity contribution >= 4 is 18.4 Å². The molecule has 4 aliphatic carbocycles. The maximum atomic E-state index is 12.2. The lowest BCUT2D eigenvalue weighted by atomic mass is 9.44. The summed E-state index contributed by atoms with van der Waals surface area (Å²) in [6, 6.07) is 0. The molecule has 5 heteroatoms. The van der Waals surface area contributed by atoms with Crippen LogP contribution < -0.4 is 0 Å². The molecule has 4 nitrogen and oxygen atoms in total. The monoisotopic (exact) mass is 482 g/mol. The lowest BCUT2D eigenvalue weighted by Gasteiger charge is -2.62. The predicted octanol–water partition coefficient (Wildman–Crippen LogP) is 5.88. The number of ether oxygens (including phenoxy) is 1. The summed E-state index contributed by atoms with van der Waals surface area (Å²) in [5.74, 6) is 4.16. The highest BCUT2D eigenvalue weighted by molar-refractivity contribution is 5.85. The van der Waals surface area contributed by atoms with Gasteiger partial charge in [-0.3, -0.25) is 9.69 Å². The number of halogens is 1. The minimum Gasteiger partial charge on any atom is -0.461 e. The zero-order valence-corrected chi connectivity index (χ0v) is 23.5. The average molecular weight is 483 g/mol. The Bertz CT molecular complexity index is 710. The van der Waals surface area contributed by atoms with Gasteiger partial charge in [0, 0.05) is 5.54 Å². The van der Waals surface area contributed by atoms with Gasteiger partial charge in [-0.25, -0.2) is 0 Å². The molecule has 8 unspecified atom stereocenters. The molecule has 4 rings (SSSR count). The van der Waals surface area contributed by atoms with Gasteiger partial charge in [0.1, 0.15) is 6.10 Å². The van der Waals surface area contributed by atoms with Crippen LogP contribution in [-0.4, -0.2) is 62.1 Å². The molecule has 33 heavy (non-hydrogen) atoms. The molecule has 0 aromatic heterocycles. The van der Waals surface area contributed by atoms with Gasteiger partial charge in [0.05, 0.1) is 6.54 Å². The Kier molecular flexibility index (Phi) is 7.95. The fourth-order valence-corrected chi connectivity index (χ4v) is 9.28. The van der Waals surface area contributed by atoms with Crippen molar-refractivity contribution in [3.8, 4) is 0 Å². The molecule has 4 saturated carbocycles. The molecular weight excluding hydrogens is 432 g/mol. The third-order valence-electron chi connectivity index (χ3n) is 11.4. The number of nitrogens with zero attached hydrogens (tertiary/aromatic N) is 2. The first-order valence-electron chi connectivity index (χ1n) is 13.4. The number of rotatable bonds is 5. The Morgan fingerprint density at radius 2 is 1.55 bits per heavy atom. The van der Waals surface area contributed by atoms with E-state index in [9.17, 15) is 4.79 Å². The minimum absolute atomic E-state index is 0. The fourth-order valence-electron chi connectivity index (χ4n) is 9.28. The fraction of sp³-hybridized carbons (Fsp3) is 0.964. The molecule has 0 heterocycles. The maximum absolute atomic E-state index is 12.2. The highest BCUT2D eigenvalue weighted by atomic mass is 35.5. The largest absolute Gasteiger partial charge is 0.461 e. The molecule has 0 bridgehead atoms. The summed E-state index contributed by atoms with van der Waals surface area (Å²) < 4.78 is 5.91. The average Bonchev–Trinajstić information content (AvgIpc) is 3.05. The molecule has 0 radical (unpaired) electrons. The van der Waals surface area contributed by atoms with E-state index in [1.54, 1.807) is 0 Å². The first kappa shape index (κ1) is 27.3. The molecule has 4 fully saturated rings. The van der Waals surface area contributed by atoms with E-state index in [1.807, 2.05) is 19.0 Å². The summed E-state index contributed by atoms with van der Waals surface area (Å²) in [5, 5.41) is 0. The second kappa shape index (κ2) is 9.62. The number of carbonyl (C=O) groups excluding carboxylic acids is 1. The van der Waals surface area contributed by atoms with Gasteiger partial charge in [-0.1, -0.05) is 13.8 Å². The van der Waals surface area contributed by atoms with Crippen molar-refractivity contribution in [2.75, 3.05) is 34.7 Å². The van der Waals surface area contributed by atoms with Crippen LogP contribution >= 0.6 is 12.4 Å². The lowest BCUT2D eigenvalue weighted by molar-refractivity contribution is -0.164. The van der Waals surface area contributed by atoms with Crippen molar-refractivity contribution in [1.82, 2.24) is 9.80 Å². The molecule has 0 amide bonds. The van der Waals surface area contributed by atoms with Crippen LogP contribution in [0.2, 0.25) is 0 Å². The van der Waals surface area contributed by atoms with Gasteiger partial charge in [0.2, 0.25) is 0 Å². The van der Waals surface area contributed by atoms with E-state index in [4.69, 9.17) is 4.74 Å². The Balaban J connectivity index is 0.00000306. The maximum Gasteiger partial charge on any atom is 0.320 e. The number of hydrogen-bond acceptors (Lipinski definition) is 4. The Labute approximate surface area is 210 Å². The molecular formula is C28H51ClN2O2. The summed E-state index contributed by atoms with van der Waals surface area (Å²) in [5.41, 5.74) is 1.22. The summed E-state index contributed by atoms with van der Waals surface area (Å²) in [6.45, 7) is 10.6. The molecule has 0 saturated heterocycles. The van der Waals surface area contributed by atoms with E-state index in [-0.39, 0.29) is 30.0 Å². The SMILES string of the molecule is CN(C)CC(=O)OC1CCC2(C)C(CCC3C2CCC2(C)C3CCC2C(C)(C)N(C)C)C1.Cl. The highest BCUT2D eigenvalue weighted by Crippen LogP contribution is 2.68. The second-order valence-electron chi connectivity index (χ2n) is 13.5.